The molecule has 1 aromatic rings. The van der Waals surface area contributed by atoms with Gasteiger partial charge in [-0.15, -0.1) is 0 Å². The van der Waals surface area contributed by atoms with E-state index in [1.54, 1.807) is 0 Å². The van der Waals surface area contributed by atoms with Crippen molar-refractivity contribution in [2.24, 2.45) is 0 Å². The van der Waals surface area contributed by atoms with E-state index in [1.165, 1.54) is 0 Å². The lowest BCUT2D eigenvalue weighted by Gasteiger charge is -2.10. The van der Waals surface area contributed by atoms with E-state index >= 15 is 0 Å². The summed E-state index contributed by atoms with van der Waals surface area (Å²) in [5.74, 6) is -0.0197. The van der Waals surface area contributed by atoms with Crippen LogP contribution >= 0.6 is 12.6 Å². The van der Waals surface area contributed by atoms with Gasteiger partial charge in [-0.2, -0.15) is 17.9 Å². The van der Waals surface area contributed by atoms with E-state index in [-0.39, 0.29) is 11.2 Å². The molecule has 0 saturated carbocycles. The van der Waals surface area contributed by atoms with Crippen LogP contribution in [0.4, 0.5) is 0 Å². The molecule has 0 heterocycles. The molecule has 1 rings (SSSR count). The third-order valence-corrected chi connectivity index (χ3v) is 2.15. The first-order chi connectivity index (χ1) is 6.24. The first-order valence-electron chi connectivity index (χ1n) is 4.36. The summed E-state index contributed by atoms with van der Waals surface area (Å²) in [6.45, 7) is 2.01. The van der Waals surface area contributed by atoms with Gasteiger partial charge in [0.15, 0.2) is 0 Å². The minimum Gasteiger partial charge on any atom is -0.198 e. The van der Waals surface area contributed by atoms with Crippen LogP contribution in [0.1, 0.15) is 24.8 Å². The largest absolute Gasteiger partial charge is 0.198 e. The van der Waals surface area contributed by atoms with Gasteiger partial charge in [0.2, 0.25) is 0 Å². The van der Waals surface area contributed by atoms with Crippen molar-refractivity contribution in [2.45, 2.75) is 24.5 Å². The normalized spacial score (nSPS) is 14.5. The molecule has 0 radical (unpaired) electrons. The molecular weight excluding hydrogens is 178 g/mol. The van der Waals surface area contributed by atoms with Crippen LogP contribution in [0.25, 0.3) is 0 Å². The molecule has 0 saturated heterocycles. The van der Waals surface area contributed by atoms with Crippen LogP contribution in [0.2, 0.25) is 0 Å². The summed E-state index contributed by atoms with van der Waals surface area (Å²) in [6.07, 6.45) is 0.809. The predicted molar refractivity (Wildman–Crippen MR) is 57.9 cm³/mol. The fraction of sp³-hybridized carbons (Fsp3) is 0.364. The smallest absolute Gasteiger partial charge is 0.0723 e. The molecule has 1 aromatic carbocycles. The van der Waals surface area contributed by atoms with Gasteiger partial charge < -0.3 is 0 Å². The van der Waals surface area contributed by atoms with E-state index in [2.05, 4.69) is 18.7 Å². The Labute approximate surface area is 84.8 Å². The van der Waals surface area contributed by atoms with E-state index in [9.17, 15) is 0 Å². The summed E-state index contributed by atoms with van der Waals surface area (Å²) in [6, 6.07) is 12.2. The van der Waals surface area contributed by atoms with E-state index in [0.717, 1.165) is 12.0 Å². The fourth-order valence-electron chi connectivity index (χ4n) is 1.29. The Morgan fingerprint density at radius 1 is 1.38 bits per heavy atom. The van der Waals surface area contributed by atoms with Crippen molar-refractivity contribution in [1.29, 1.82) is 5.26 Å². The maximum atomic E-state index is 8.94. The van der Waals surface area contributed by atoms with Crippen LogP contribution in [-0.2, 0) is 0 Å². The number of nitriles is 1. The zero-order valence-corrected chi connectivity index (χ0v) is 8.54. The molecule has 0 aliphatic heterocycles. The highest BCUT2D eigenvalue weighted by Gasteiger charge is 2.11. The molecule has 0 N–H and O–H groups in total. The van der Waals surface area contributed by atoms with Gasteiger partial charge in [-0.05, 0) is 12.0 Å². The van der Waals surface area contributed by atoms with Gasteiger partial charge in [0.05, 0.1) is 12.0 Å². The fourth-order valence-corrected chi connectivity index (χ4v) is 1.50. The second-order valence-corrected chi connectivity index (χ2v) is 4.06. The number of nitrogens with zero attached hydrogens (tertiary/aromatic N) is 1. The molecule has 0 aliphatic rings. The molecule has 13 heavy (non-hydrogen) atoms. The Kier molecular flexibility index (Phi) is 3.85. The molecule has 2 heteroatoms. The van der Waals surface area contributed by atoms with Crippen LogP contribution in [0.15, 0.2) is 30.3 Å². The van der Waals surface area contributed by atoms with Gasteiger partial charge in [-0.3, -0.25) is 0 Å². The highest BCUT2D eigenvalue weighted by Crippen LogP contribution is 2.21. The molecule has 2 unspecified atom stereocenters. The molecule has 0 aliphatic carbocycles. The Morgan fingerprint density at radius 3 is 2.46 bits per heavy atom. The Hall–Kier alpha value is -0.940. The van der Waals surface area contributed by atoms with Crippen molar-refractivity contribution in [3.05, 3.63) is 35.9 Å². The van der Waals surface area contributed by atoms with Crippen molar-refractivity contribution >= 4 is 12.6 Å². The number of hydrogen-bond donors (Lipinski definition) is 1. The average molecular weight is 191 g/mol. The third-order valence-electron chi connectivity index (χ3n) is 1.93. The maximum Gasteiger partial charge on any atom is 0.0723 e. The minimum absolute atomic E-state index is 0.0197. The highest BCUT2D eigenvalue weighted by atomic mass is 32.1. The van der Waals surface area contributed by atoms with Crippen LogP contribution in [0, 0.1) is 11.3 Å². The van der Waals surface area contributed by atoms with Crippen molar-refractivity contribution < 1.29 is 0 Å². The molecule has 68 valence electrons. The van der Waals surface area contributed by atoms with Crippen LogP contribution in [0.3, 0.4) is 0 Å². The van der Waals surface area contributed by atoms with Crippen LogP contribution < -0.4 is 0 Å². The van der Waals surface area contributed by atoms with Crippen molar-refractivity contribution in [1.82, 2.24) is 0 Å². The monoisotopic (exact) mass is 191 g/mol. The summed E-state index contributed by atoms with van der Waals surface area (Å²) >= 11 is 4.29. The molecule has 1 nitrogen and oxygen atoms in total. The topological polar surface area (TPSA) is 23.8 Å². The van der Waals surface area contributed by atoms with E-state index in [1.807, 2.05) is 37.3 Å². The Bertz CT molecular complexity index is 287. The zero-order valence-electron chi connectivity index (χ0n) is 7.64. The molecule has 0 amide bonds. The first kappa shape index (κ1) is 10.1. The summed E-state index contributed by atoms with van der Waals surface area (Å²) in [4.78, 5) is 0. The van der Waals surface area contributed by atoms with Gasteiger partial charge in [0.1, 0.15) is 0 Å². The van der Waals surface area contributed by atoms with E-state index in [4.69, 9.17) is 5.26 Å². The van der Waals surface area contributed by atoms with Gasteiger partial charge in [0, 0.05) is 5.25 Å². The number of rotatable bonds is 3. The molecular formula is C11H13NS. The van der Waals surface area contributed by atoms with Crippen molar-refractivity contribution in [2.75, 3.05) is 0 Å². The average Bonchev–Trinajstić information content (AvgIpc) is 2.15. The maximum absolute atomic E-state index is 8.94. The molecule has 2 atom stereocenters. The summed E-state index contributed by atoms with van der Waals surface area (Å²) in [5.41, 5.74) is 1.09. The lowest BCUT2D eigenvalue weighted by Crippen LogP contribution is -2.02. The second-order valence-electron chi connectivity index (χ2n) is 3.18. The summed E-state index contributed by atoms with van der Waals surface area (Å²) < 4.78 is 0. The first-order valence-corrected chi connectivity index (χ1v) is 4.88. The molecule has 0 bridgehead atoms. The van der Waals surface area contributed by atoms with Gasteiger partial charge in [-0.25, -0.2) is 0 Å². The highest BCUT2D eigenvalue weighted by molar-refractivity contribution is 7.80. The predicted octanol–water partition coefficient (Wildman–Crippen LogP) is 3.00. The van der Waals surface area contributed by atoms with Crippen molar-refractivity contribution in [3.8, 4) is 6.07 Å². The van der Waals surface area contributed by atoms with Gasteiger partial charge >= 0.3 is 0 Å². The minimum atomic E-state index is -0.0197. The quantitative estimate of drug-likeness (QED) is 0.729. The second kappa shape index (κ2) is 4.94. The number of thiol groups is 1. The summed E-state index contributed by atoms with van der Waals surface area (Å²) in [7, 11) is 0. The molecule has 0 fully saturated rings. The van der Waals surface area contributed by atoms with E-state index in [0.29, 0.717) is 0 Å². The number of benzene rings is 1. The number of hydrogen-bond acceptors (Lipinski definition) is 2. The SMILES string of the molecule is CC(S)CC(C#N)c1ccccc1. The lowest BCUT2D eigenvalue weighted by atomic mass is 9.96. The standard InChI is InChI=1S/C11H13NS/c1-9(13)7-11(8-12)10-5-3-2-4-6-10/h2-6,9,11,13H,7H2,1H3. The summed E-state index contributed by atoms with van der Waals surface area (Å²) in [5, 5.41) is 9.21. The van der Waals surface area contributed by atoms with Crippen molar-refractivity contribution in [3.63, 3.8) is 0 Å². The molecule has 0 aromatic heterocycles. The molecule has 0 spiro atoms. The van der Waals surface area contributed by atoms with Gasteiger partial charge in [-0.1, -0.05) is 37.3 Å². The lowest BCUT2D eigenvalue weighted by molar-refractivity contribution is 0.744. The van der Waals surface area contributed by atoms with Crippen LogP contribution in [-0.4, -0.2) is 5.25 Å². The van der Waals surface area contributed by atoms with Crippen LogP contribution in [0.5, 0.6) is 0 Å². The van der Waals surface area contributed by atoms with E-state index < -0.39 is 0 Å². The third kappa shape index (κ3) is 3.12. The Morgan fingerprint density at radius 2 is 2.00 bits per heavy atom. The van der Waals surface area contributed by atoms with Gasteiger partial charge in [0.25, 0.3) is 0 Å². The Balaban J connectivity index is 2.75. The zero-order chi connectivity index (χ0) is 9.68.